The quantitative estimate of drug-likeness (QED) is 0.142. The first kappa shape index (κ1) is 32.4. The lowest BCUT2D eigenvalue weighted by Gasteiger charge is -2.18. The summed E-state index contributed by atoms with van der Waals surface area (Å²) in [5.74, 6) is 0.0152. The highest BCUT2D eigenvalue weighted by Gasteiger charge is 2.17. The SMILES string of the molecule is COCCOCC(COCCCCCCC(=O)NCCCCOP(=O)(O)OC)OCCOC. The maximum Gasteiger partial charge on any atom is 0.471 e. The molecule has 11 nitrogen and oxygen atoms in total. The van der Waals surface area contributed by atoms with Gasteiger partial charge in [0, 0.05) is 40.9 Å². The second-order valence-corrected chi connectivity index (χ2v) is 8.89. The summed E-state index contributed by atoms with van der Waals surface area (Å²) in [6.45, 7) is 4.26. The predicted octanol–water partition coefficient (Wildman–Crippen LogP) is 2.31. The van der Waals surface area contributed by atoms with E-state index in [4.69, 9.17) is 33.1 Å². The number of nitrogens with one attached hydrogen (secondary N) is 1. The predicted molar refractivity (Wildman–Crippen MR) is 123 cm³/mol. The van der Waals surface area contributed by atoms with Crippen molar-refractivity contribution in [2.45, 2.75) is 51.0 Å². The fraction of sp³-hybridized carbons (Fsp3) is 0.952. The van der Waals surface area contributed by atoms with Gasteiger partial charge in [0.1, 0.15) is 6.10 Å². The van der Waals surface area contributed by atoms with Crippen molar-refractivity contribution in [2.75, 3.05) is 80.7 Å². The maximum absolute atomic E-state index is 11.8. The summed E-state index contributed by atoms with van der Waals surface area (Å²) in [6.07, 6.45) is 5.28. The fourth-order valence-electron chi connectivity index (χ4n) is 2.63. The smallest absolute Gasteiger partial charge is 0.382 e. The van der Waals surface area contributed by atoms with E-state index in [1.54, 1.807) is 14.2 Å². The Kier molecular flexibility index (Phi) is 22.7. The molecule has 1 amide bonds. The first-order valence-electron chi connectivity index (χ1n) is 11.5. The molecule has 2 unspecified atom stereocenters. The van der Waals surface area contributed by atoms with Crippen molar-refractivity contribution < 1.29 is 47.0 Å². The molecular formula is C21H44NO10P. The molecule has 0 aromatic rings. The second kappa shape index (κ2) is 23.1. The largest absolute Gasteiger partial charge is 0.471 e. The van der Waals surface area contributed by atoms with E-state index in [-0.39, 0.29) is 18.6 Å². The van der Waals surface area contributed by atoms with Crippen LogP contribution in [0.5, 0.6) is 0 Å². The second-order valence-electron chi connectivity index (χ2n) is 7.33. The van der Waals surface area contributed by atoms with E-state index in [0.29, 0.717) is 72.1 Å². The summed E-state index contributed by atoms with van der Waals surface area (Å²) >= 11 is 0. The standard InChI is InChI=1S/C21H44NO10P/c1-26-14-16-30-19-20(31-17-15-27-2)18-29-12-8-5-4-6-10-21(23)22-11-7-9-13-32-33(24,25)28-3/h20H,4-19H2,1-3H3,(H,22,23)(H,24,25). The van der Waals surface area contributed by atoms with Crippen LogP contribution >= 0.6 is 7.82 Å². The number of phosphoric ester groups is 1. The zero-order valence-electron chi connectivity index (χ0n) is 20.5. The van der Waals surface area contributed by atoms with E-state index in [0.717, 1.165) is 32.8 Å². The minimum atomic E-state index is -3.91. The summed E-state index contributed by atoms with van der Waals surface area (Å²) in [5.41, 5.74) is 0. The minimum absolute atomic E-state index is 0.0152. The van der Waals surface area contributed by atoms with Gasteiger partial charge in [0.2, 0.25) is 5.91 Å². The molecule has 0 radical (unpaired) electrons. The third-order valence-corrected chi connectivity index (χ3v) is 5.47. The number of unbranched alkanes of at least 4 members (excludes halogenated alkanes) is 4. The Morgan fingerprint density at radius 3 is 2.15 bits per heavy atom. The van der Waals surface area contributed by atoms with E-state index in [2.05, 4.69) is 9.84 Å². The van der Waals surface area contributed by atoms with Crippen LogP contribution in [-0.4, -0.2) is 97.6 Å². The van der Waals surface area contributed by atoms with Crippen LogP contribution in [0.2, 0.25) is 0 Å². The Labute approximate surface area is 198 Å². The number of carbonyl (C=O) groups is 1. The maximum atomic E-state index is 11.8. The number of ether oxygens (including phenoxy) is 5. The van der Waals surface area contributed by atoms with Crippen molar-refractivity contribution in [1.29, 1.82) is 0 Å². The summed E-state index contributed by atoms with van der Waals surface area (Å²) in [6, 6.07) is 0. The zero-order chi connectivity index (χ0) is 24.6. The van der Waals surface area contributed by atoms with Crippen molar-refractivity contribution in [2.24, 2.45) is 0 Å². The van der Waals surface area contributed by atoms with Gasteiger partial charge >= 0.3 is 7.82 Å². The summed E-state index contributed by atoms with van der Waals surface area (Å²) in [5, 5.41) is 2.84. The summed E-state index contributed by atoms with van der Waals surface area (Å²) < 4.78 is 47.0. The van der Waals surface area contributed by atoms with Crippen LogP contribution in [0.15, 0.2) is 0 Å². The van der Waals surface area contributed by atoms with Crippen molar-refractivity contribution in [1.82, 2.24) is 5.32 Å². The van der Waals surface area contributed by atoms with E-state index in [9.17, 15) is 9.36 Å². The molecule has 0 aliphatic rings. The highest BCUT2D eigenvalue weighted by atomic mass is 31.2. The lowest BCUT2D eigenvalue weighted by atomic mass is 10.1. The summed E-state index contributed by atoms with van der Waals surface area (Å²) in [4.78, 5) is 20.9. The number of hydrogen-bond acceptors (Lipinski definition) is 9. The van der Waals surface area contributed by atoms with Gasteiger partial charge in [-0.2, -0.15) is 0 Å². The molecule has 198 valence electrons. The van der Waals surface area contributed by atoms with E-state index < -0.39 is 7.82 Å². The first-order chi connectivity index (χ1) is 15.9. The Morgan fingerprint density at radius 1 is 0.818 bits per heavy atom. The highest BCUT2D eigenvalue weighted by Crippen LogP contribution is 2.41. The molecule has 0 saturated carbocycles. The molecule has 0 aliphatic carbocycles. The average Bonchev–Trinajstić information content (AvgIpc) is 2.80. The number of rotatable bonds is 25. The Hall–Kier alpha value is -0.620. The molecule has 0 aliphatic heterocycles. The lowest BCUT2D eigenvalue weighted by Crippen LogP contribution is -2.28. The molecule has 0 saturated heterocycles. The highest BCUT2D eigenvalue weighted by molar-refractivity contribution is 7.47. The molecule has 12 heteroatoms. The van der Waals surface area contributed by atoms with E-state index >= 15 is 0 Å². The number of methoxy groups -OCH3 is 2. The van der Waals surface area contributed by atoms with Gasteiger partial charge in [-0.05, 0) is 25.7 Å². The number of phosphoric acid groups is 1. The minimum Gasteiger partial charge on any atom is -0.382 e. The molecule has 0 bridgehead atoms. The van der Waals surface area contributed by atoms with Crippen molar-refractivity contribution >= 4 is 13.7 Å². The van der Waals surface area contributed by atoms with Gasteiger partial charge in [0.25, 0.3) is 0 Å². The number of amides is 1. The molecule has 0 spiro atoms. The topological polar surface area (TPSA) is 131 Å². The molecule has 33 heavy (non-hydrogen) atoms. The van der Waals surface area contributed by atoms with Crippen LogP contribution < -0.4 is 5.32 Å². The first-order valence-corrected chi connectivity index (χ1v) is 13.0. The number of carbonyl (C=O) groups excluding carboxylic acids is 1. The molecular weight excluding hydrogens is 457 g/mol. The Balaban J connectivity index is 3.61. The van der Waals surface area contributed by atoms with E-state index in [1.807, 2.05) is 0 Å². The fourth-order valence-corrected chi connectivity index (χ4v) is 3.10. The third kappa shape index (κ3) is 22.9. The molecule has 0 aromatic heterocycles. The van der Waals surface area contributed by atoms with Crippen molar-refractivity contribution in [3.05, 3.63) is 0 Å². The van der Waals surface area contributed by atoms with Gasteiger partial charge in [-0.1, -0.05) is 12.8 Å². The zero-order valence-corrected chi connectivity index (χ0v) is 21.4. The Morgan fingerprint density at radius 2 is 1.45 bits per heavy atom. The van der Waals surface area contributed by atoms with Crippen molar-refractivity contribution in [3.8, 4) is 0 Å². The molecule has 0 rings (SSSR count). The van der Waals surface area contributed by atoms with E-state index in [1.165, 1.54) is 0 Å². The molecule has 0 heterocycles. The van der Waals surface area contributed by atoms with Crippen LogP contribution in [0.4, 0.5) is 0 Å². The third-order valence-electron chi connectivity index (χ3n) is 4.50. The van der Waals surface area contributed by atoms with Crippen LogP contribution in [-0.2, 0) is 42.1 Å². The van der Waals surface area contributed by atoms with Crippen molar-refractivity contribution in [3.63, 3.8) is 0 Å². The van der Waals surface area contributed by atoms with Gasteiger partial charge in [-0.3, -0.25) is 13.8 Å². The summed E-state index contributed by atoms with van der Waals surface area (Å²) in [7, 11) is 0.477. The lowest BCUT2D eigenvalue weighted by molar-refractivity contribution is -0.121. The van der Waals surface area contributed by atoms with Crippen LogP contribution in [0.1, 0.15) is 44.9 Å². The van der Waals surface area contributed by atoms with Gasteiger partial charge in [0.05, 0.1) is 46.2 Å². The van der Waals surface area contributed by atoms with Gasteiger partial charge in [-0.15, -0.1) is 0 Å². The van der Waals surface area contributed by atoms with Crippen LogP contribution in [0.3, 0.4) is 0 Å². The van der Waals surface area contributed by atoms with Gasteiger partial charge in [-0.25, -0.2) is 4.57 Å². The Bertz CT molecular complexity index is 498. The van der Waals surface area contributed by atoms with Crippen LogP contribution in [0, 0.1) is 0 Å². The van der Waals surface area contributed by atoms with Gasteiger partial charge in [0.15, 0.2) is 0 Å². The molecule has 0 aromatic carbocycles. The molecule has 0 fully saturated rings. The monoisotopic (exact) mass is 501 g/mol. The van der Waals surface area contributed by atoms with Gasteiger partial charge < -0.3 is 33.9 Å². The molecule has 2 atom stereocenters. The normalized spacial score (nSPS) is 14.2. The van der Waals surface area contributed by atoms with Crippen LogP contribution in [0.25, 0.3) is 0 Å². The number of hydrogen-bond donors (Lipinski definition) is 2. The molecule has 2 N–H and O–H groups in total. The average molecular weight is 502 g/mol.